The molecule has 272 valence electrons. The first-order chi connectivity index (χ1) is 28.7. The first-order valence-electron chi connectivity index (χ1n) is 19.7. The SMILES string of the molecule is N#Cc1cccc(C2=NC(c3cccc(-n4c5ccccc5c5cc6c(cc54)C(c4ccccc4)(c4ccccc4)c4ccccc4-6)c3)NC(c3ccccc3)=C2)c1. The van der Waals surface area contributed by atoms with Crippen molar-refractivity contribution in [3.05, 3.63) is 251 Å². The van der Waals surface area contributed by atoms with Gasteiger partial charge in [-0.05, 0) is 93.0 Å². The maximum atomic E-state index is 9.71. The van der Waals surface area contributed by atoms with Crippen LogP contribution in [0.25, 0.3) is 44.3 Å². The fraction of sp³-hybridized carbons (Fsp3) is 0.0370. The quantitative estimate of drug-likeness (QED) is 0.185. The van der Waals surface area contributed by atoms with E-state index < -0.39 is 5.41 Å². The molecule has 11 rings (SSSR count). The van der Waals surface area contributed by atoms with Crippen LogP contribution in [-0.2, 0) is 5.41 Å². The number of fused-ring (bicyclic) bond motifs is 6. The van der Waals surface area contributed by atoms with Crippen molar-refractivity contribution in [2.45, 2.75) is 11.6 Å². The minimum absolute atomic E-state index is 0.364. The summed E-state index contributed by atoms with van der Waals surface area (Å²) >= 11 is 0. The van der Waals surface area contributed by atoms with Gasteiger partial charge in [0.15, 0.2) is 0 Å². The third-order valence-corrected chi connectivity index (χ3v) is 11.9. The summed E-state index contributed by atoms with van der Waals surface area (Å²) in [5.74, 6) is 0. The Kier molecular flexibility index (Phi) is 7.80. The zero-order valence-electron chi connectivity index (χ0n) is 31.5. The van der Waals surface area contributed by atoms with E-state index >= 15 is 0 Å². The Balaban J connectivity index is 1.13. The van der Waals surface area contributed by atoms with Gasteiger partial charge in [-0.15, -0.1) is 0 Å². The molecular weight excluding hydrogens is 705 g/mol. The summed E-state index contributed by atoms with van der Waals surface area (Å²) in [4.78, 5) is 5.29. The third-order valence-electron chi connectivity index (χ3n) is 11.9. The van der Waals surface area contributed by atoms with Gasteiger partial charge >= 0.3 is 0 Å². The molecule has 0 amide bonds. The molecular formula is C54H36N4. The van der Waals surface area contributed by atoms with E-state index in [2.05, 4.69) is 192 Å². The predicted molar refractivity (Wildman–Crippen MR) is 236 cm³/mol. The van der Waals surface area contributed by atoms with Crippen molar-refractivity contribution < 1.29 is 0 Å². The van der Waals surface area contributed by atoms with Crippen LogP contribution >= 0.6 is 0 Å². The van der Waals surface area contributed by atoms with Gasteiger partial charge in [-0.1, -0.05) is 158 Å². The topological polar surface area (TPSA) is 53.1 Å². The van der Waals surface area contributed by atoms with Gasteiger partial charge in [0.05, 0.1) is 33.8 Å². The summed E-state index contributed by atoms with van der Waals surface area (Å²) in [7, 11) is 0. The molecule has 8 aromatic carbocycles. The van der Waals surface area contributed by atoms with E-state index in [9.17, 15) is 5.26 Å². The normalized spacial score (nSPS) is 15.2. The highest BCUT2D eigenvalue weighted by atomic mass is 15.1. The lowest BCUT2D eigenvalue weighted by Crippen LogP contribution is -2.28. The van der Waals surface area contributed by atoms with Crippen molar-refractivity contribution in [1.82, 2.24) is 9.88 Å². The smallest absolute Gasteiger partial charge is 0.145 e. The molecule has 1 atom stereocenters. The van der Waals surface area contributed by atoms with Crippen LogP contribution in [0.1, 0.15) is 50.7 Å². The van der Waals surface area contributed by atoms with Crippen LogP contribution in [0, 0.1) is 11.3 Å². The molecule has 0 bridgehead atoms. The Morgan fingerprint density at radius 3 is 1.98 bits per heavy atom. The molecule has 1 aliphatic heterocycles. The van der Waals surface area contributed by atoms with Gasteiger partial charge in [0.25, 0.3) is 0 Å². The molecule has 4 nitrogen and oxygen atoms in total. The number of nitrogens with one attached hydrogen (secondary N) is 1. The molecule has 0 radical (unpaired) electrons. The number of nitriles is 1. The van der Waals surface area contributed by atoms with Gasteiger partial charge in [0.1, 0.15) is 6.17 Å². The number of hydrogen-bond donors (Lipinski definition) is 1. The average Bonchev–Trinajstić information content (AvgIpc) is 3.79. The number of hydrogen-bond acceptors (Lipinski definition) is 3. The Bertz CT molecular complexity index is 3110. The van der Waals surface area contributed by atoms with Gasteiger partial charge in [-0.3, -0.25) is 4.99 Å². The number of benzene rings is 8. The lowest BCUT2D eigenvalue weighted by Gasteiger charge is -2.34. The van der Waals surface area contributed by atoms with Gasteiger partial charge in [0, 0.05) is 27.7 Å². The summed E-state index contributed by atoms with van der Waals surface area (Å²) in [6.45, 7) is 0. The second-order valence-electron chi connectivity index (χ2n) is 15.1. The number of nitrogens with zero attached hydrogens (tertiary/aromatic N) is 3. The second-order valence-corrected chi connectivity index (χ2v) is 15.1. The molecule has 1 unspecified atom stereocenters. The van der Waals surface area contributed by atoms with Crippen LogP contribution in [-0.4, -0.2) is 10.3 Å². The molecule has 9 aromatic rings. The number of aliphatic imine (C=N–C) groups is 1. The Labute approximate surface area is 337 Å². The van der Waals surface area contributed by atoms with E-state index in [1.54, 1.807) is 0 Å². The largest absolute Gasteiger partial charge is 0.360 e. The maximum Gasteiger partial charge on any atom is 0.145 e. The van der Waals surface area contributed by atoms with Crippen LogP contribution in [0.15, 0.2) is 211 Å². The lowest BCUT2D eigenvalue weighted by atomic mass is 9.67. The van der Waals surface area contributed by atoms with E-state index in [4.69, 9.17) is 4.99 Å². The summed E-state index contributed by atoms with van der Waals surface area (Å²) < 4.78 is 2.43. The van der Waals surface area contributed by atoms with E-state index in [1.807, 2.05) is 30.3 Å². The van der Waals surface area contributed by atoms with Crippen LogP contribution in [0.2, 0.25) is 0 Å². The Morgan fingerprint density at radius 2 is 1.21 bits per heavy atom. The van der Waals surface area contributed by atoms with Crippen LogP contribution in [0.3, 0.4) is 0 Å². The summed E-state index contributed by atoms with van der Waals surface area (Å²) in [5, 5.41) is 15.9. The van der Waals surface area contributed by atoms with Gasteiger partial charge in [0.2, 0.25) is 0 Å². The number of para-hydroxylation sites is 1. The zero-order chi connectivity index (χ0) is 38.6. The zero-order valence-corrected chi connectivity index (χ0v) is 31.5. The fourth-order valence-corrected chi connectivity index (χ4v) is 9.40. The average molecular weight is 741 g/mol. The molecule has 1 aromatic heterocycles. The van der Waals surface area contributed by atoms with Crippen LogP contribution in [0.5, 0.6) is 0 Å². The highest BCUT2D eigenvalue weighted by Gasteiger charge is 2.46. The Hall–Kier alpha value is -7.74. The van der Waals surface area contributed by atoms with E-state index in [0.717, 1.165) is 44.8 Å². The molecule has 2 heterocycles. The maximum absolute atomic E-state index is 9.71. The number of rotatable bonds is 6. The molecule has 2 aliphatic rings. The van der Waals surface area contributed by atoms with Gasteiger partial charge in [-0.25, -0.2) is 0 Å². The molecule has 1 N–H and O–H groups in total. The fourth-order valence-electron chi connectivity index (χ4n) is 9.40. The second kappa shape index (κ2) is 13.5. The van der Waals surface area contributed by atoms with Crippen molar-refractivity contribution in [1.29, 1.82) is 5.26 Å². The third kappa shape index (κ3) is 5.18. The minimum atomic E-state index is -0.508. The van der Waals surface area contributed by atoms with Crippen molar-refractivity contribution in [3.8, 4) is 22.9 Å². The molecule has 0 fully saturated rings. The molecule has 1 aliphatic carbocycles. The minimum Gasteiger partial charge on any atom is -0.360 e. The van der Waals surface area contributed by atoms with E-state index in [0.29, 0.717) is 5.56 Å². The molecule has 58 heavy (non-hydrogen) atoms. The lowest BCUT2D eigenvalue weighted by molar-refractivity contribution is 0.663. The van der Waals surface area contributed by atoms with Crippen LogP contribution in [0.4, 0.5) is 0 Å². The molecule has 4 heteroatoms. The van der Waals surface area contributed by atoms with Gasteiger partial charge < -0.3 is 9.88 Å². The first-order valence-corrected chi connectivity index (χ1v) is 19.7. The number of allylic oxidation sites excluding steroid dienone is 1. The summed E-state index contributed by atoms with van der Waals surface area (Å²) in [6.07, 6.45) is 1.72. The highest BCUT2D eigenvalue weighted by Crippen LogP contribution is 2.57. The summed E-state index contributed by atoms with van der Waals surface area (Å²) in [5.41, 5.74) is 15.9. The van der Waals surface area contributed by atoms with Crippen molar-refractivity contribution in [2.24, 2.45) is 4.99 Å². The molecule has 0 saturated carbocycles. The van der Waals surface area contributed by atoms with Crippen molar-refractivity contribution in [3.63, 3.8) is 0 Å². The molecule has 0 spiro atoms. The first kappa shape index (κ1) is 33.6. The highest BCUT2D eigenvalue weighted by molar-refractivity contribution is 6.14. The predicted octanol–water partition coefficient (Wildman–Crippen LogP) is 12.2. The summed E-state index contributed by atoms with van der Waals surface area (Å²) in [6, 6.07) is 73.7. The van der Waals surface area contributed by atoms with Crippen molar-refractivity contribution in [2.75, 3.05) is 0 Å². The van der Waals surface area contributed by atoms with Crippen molar-refractivity contribution >= 4 is 33.2 Å². The Morgan fingerprint density at radius 1 is 0.534 bits per heavy atom. The standard InChI is InChI=1S/C54H36N4/c55-35-36-16-14-19-38(30-36)50-34-49(37-17-4-1-5-18-37)56-53(57-50)39-20-15-25-42(31-39)58-51-29-13-11-27-44(51)46-32-45-43-26-10-12-28-47(43)54(48(45)33-52(46)58,40-21-6-2-7-22-40)41-23-8-3-9-24-41/h1-34,53,56H. The van der Waals surface area contributed by atoms with E-state index in [1.165, 1.54) is 44.2 Å². The monoisotopic (exact) mass is 740 g/mol. The van der Waals surface area contributed by atoms with E-state index in [-0.39, 0.29) is 6.17 Å². The van der Waals surface area contributed by atoms with Gasteiger partial charge in [-0.2, -0.15) is 5.26 Å². The van der Waals surface area contributed by atoms with Crippen LogP contribution < -0.4 is 5.32 Å². The molecule has 0 saturated heterocycles. The number of aromatic nitrogens is 1.